The van der Waals surface area contributed by atoms with E-state index in [1.807, 2.05) is 6.07 Å². The fourth-order valence-corrected chi connectivity index (χ4v) is 3.80. The van der Waals surface area contributed by atoms with Gasteiger partial charge in [0.15, 0.2) is 5.90 Å². The molecule has 0 N–H and O–H groups in total. The minimum Gasteiger partial charge on any atom is -0.489 e. The summed E-state index contributed by atoms with van der Waals surface area (Å²) >= 11 is 0. The van der Waals surface area contributed by atoms with Crippen molar-refractivity contribution in [3.63, 3.8) is 0 Å². The zero-order chi connectivity index (χ0) is 15.3. The summed E-state index contributed by atoms with van der Waals surface area (Å²) in [7, 11) is 0. The molecule has 0 spiro atoms. The van der Waals surface area contributed by atoms with Crippen LogP contribution in [-0.4, -0.2) is 24.7 Å². The molecular formula is C20H19NO2. The second-order valence-corrected chi connectivity index (χ2v) is 6.69. The monoisotopic (exact) mass is 305 g/mol. The summed E-state index contributed by atoms with van der Waals surface area (Å²) in [5, 5.41) is 0. The topological polar surface area (TPSA) is 30.8 Å². The number of hydrogen-bond acceptors (Lipinski definition) is 3. The van der Waals surface area contributed by atoms with Crippen molar-refractivity contribution >= 4 is 5.90 Å². The first-order chi connectivity index (χ1) is 11.4. The predicted octanol–water partition coefficient (Wildman–Crippen LogP) is 3.71. The third-order valence-electron chi connectivity index (χ3n) is 5.06. The second kappa shape index (κ2) is 4.85. The first-order valence-electron chi connectivity index (χ1n) is 8.39. The molecular weight excluding hydrogens is 286 g/mol. The number of fused-ring (bicyclic) bond motifs is 4. The number of hydrogen-bond donors (Lipinski definition) is 0. The zero-order valence-corrected chi connectivity index (χ0v) is 12.9. The number of aliphatic imine (C=N–C) groups is 1. The fraction of sp³-hybridized carbons (Fsp3) is 0.350. The molecule has 0 amide bonds. The second-order valence-electron chi connectivity index (χ2n) is 6.69. The summed E-state index contributed by atoms with van der Waals surface area (Å²) in [5.74, 6) is 1.86. The molecule has 2 fully saturated rings. The maximum Gasteiger partial charge on any atom is 0.199 e. The SMILES string of the molecule is c1ccc([C@@]23C[C@@H](COc4ccccc42)OC3=NC2CC2)cc1. The third kappa shape index (κ3) is 1.99. The van der Waals surface area contributed by atoms with Crippen LogP contribution in [-0.2, 0) is 10.2 Å². The van der Waals surface area contributed by atoms with Gasteiger partial charge in [-0.1, -0.05) is 48.5 Å². The number of para-hydroxylation sites is 1. The van der Waals surface area contributed by atoms with Crippen LogP contribution in [0, 0.1) is 0 Å². The van der Waals surface area contributed by atoms with Crippen LogP contribution in [0.3, 0.4) is 0 Å². The van der Waals surface area contributed by atoms with E-state index in [1.54, 1.807) is 0 Å². The van der Waals surface area contributed by atoms with E-state index in [0.29, 0.717) is 12.6 Å². The van der Waals surface area contributed by atoms with Crippen molar-refractivity contribution in [2.45, 2.75) is 36.8 Å². The molecule has 2 aromatic carbocycles. The van der Waals surface area contributed by atoms with Gasteiger partial charge in [0.2, 0.25) is 0 Å². The Morgan fingerprint density at radius 2 is 1.74 bits per heavy atom. The highest BCUT2D eigenvalue weighted by Gasteiger charge is 2.53. The van der Waals surface area contributed by atoms with Crippen molar-refractivity contribution in [3.8, 4) is 5.75 Å². The molecule has 1 aliphatic carbocycles. The van der Waals surface area contributed by atoms with Crippen molar-refractivity contribution in [2.75, 3.05) is 6.61 Å². The van der Waals surface area contributed by atoms with Gasteiger partial charge in [0.1, 0.15) is 23.9 Å². The molecule has 1 saturated heterocycles. The third-order valence-corrected chi connectivity index (χ3v) is 5.06. The van der Waals surface area contributed by atoms with Gasteiger partial charge in [-0.2, -0.15) is 0 Å². The lowest BCUT2D eigenvalue weighted by Gasteiger charge is -2.30. The number of nitrogens with zero attached hydrogens (tertiary/aromatic N) is 1. The van der Waals surface area contributed by atoms with Crippen LogP contribution in [0.2, 0.25) is 0 Å². The quantitative estimate of drug-likeness (QED) is 0.847. The molecule has 0 radical (unpaired) electrons. The molecule has 2 aromatic rings. The van der Waals surface area contributed by atoms with Gasteiger partial charge >= 0.3 is 0 Å². The molecule has 2 aliphatic heterocycles. The summed E-state index contributed by atoms with van der Waals surface area (Å²) in [4.78, 5) is 4.96. The minimum absolute atomic E-state index is 0.0695. The number of rotatable bonds is 2. The molecule has 2 atom stereocenters. The standard InChI is InChI=1S/C20H19NO2/c1-2-6-14(7-3-1)20-12-16(23-19(20)21-15-10-11-15)13-22-18-9-5-4-8-17(18)20/h1-9,15-16H,10-13H2/t16-,20-/m0/s1. The zero-order valence-electron chi connectivity index (χ0n) is 12.9. The van der Waals surface area contributed by atoms with Crippen LogP contribution in [0.1, 0.15) is 30.4 Å². The lowest BCUT2D eigenvalue weighted by atomic mass is 9.72. The van der Waals surface area contributed by atoms with Gasteiger partial charge in [-0.15, -0.1) is 0 Å². The summed E-state index contributed by atoms with van der Waals surface area (Å²) < 4.78 is 12.3. The molecule has 1 saturated carbocycles. The van der Waals surface area contributed by atoms with Gasteiger partial charge in [0.25, 0.3) is 0 Å². The van der Waals surface area contributed by atoms with Crippen LogP contribution >= 0.6 is 0 Å². The fourth-order valence-electron chi connectivity index (χ4n) is 3.80. The minimum atomic E-state index is -0.304. The van der Waals surface area contributed by atoms with Crippen molar-refractivity contribution in [2.24, 2.45) is 4.99 Å². The Morgan fingerprint density at radius 3 is 2.57 bits per heavy atom. The van der Waals surface area contributed by atoms with Gasteiger partial charge in [0, 0.05) is 12.0 Å². The Bertz CT molecular complexity index is 766. The average molecular weight is 305 g/mol. The summed E-state index contributed by atoms with van der Waals surface area (Å²) in [6.45, 7) is 0.593. The Balaban J connectivity index is 1.78. The van der Waals surface area contributed by atoms with E-state index in [2.05, 4.69) is 48.5 Å². The molecule has 0 unspecified atom stereocenters. The van der Waals surface area contributed by atoms with E-state index in [1.165, 1.54) is 24.0 Å². The Morgan fingerprint density at radius 1 is 0.957 bits per heavy atom. The molecule has 116 valence electrons. The first-order valence-corrected chi connectivity index (χ1v) is 8.39. The molecule has 5 rings (SSSR count). The summed E-state index contributed by atoms with van der Waals surface area (Å²) in [6, 6.07) is 19.4. The van der Waals surface area contributed by atoms with Gasteiger partial charge < -0.3 is 9.47 Å². The van der Waals surface area contributed by atoms with Crippen molar-refractivity contribution in [1.29, 1.82) is 0 Å². The highest BCUT2D eigenvalue weighted by Crippen LogP contribution is 2.50. The molecule has 3 nitrogen and oxygen atoms in total. The van der Waals surface area contributed by atoms with Crippen molar-refractivity contribution < 1.29 is 9.47 Å². The van der Waals surface area contributed by atoms with Gasteiger partial charge in [-0.25, -0.2) is 0 Å². The number of benzene rings is 2. The first kappa shape index (κ1) is 13.2. The van der Waals surface area contributed by atoms with E-state index in [0.717, 1.165) is 18.1 Å². The van der Waals surface area contributed by atoms with Crippen LogP contribution in [0.4, 0.5) is 0 Å². The Labute approximate surface area is 136 Å². The smallest absolute Gasteiger partial charge is 0.199 e. The van der Waals surface area contributed by atoms with Crippen LogP contribution in [0.15, 0.2) is 59.6 Å². The maximum absolute atomic E-state index is 6.26. The van der Waals surface area contributed by atoms with Gasteiger partial charge in [-0.05, 0) is 24.5 Å². The summed E-state index contributed by atoms with van der Waals surface area (Å²) in [6.07, 6.45) is 3.33. The molecule has 2 bridgehead atoms. The van der Waals surface area contributed by atoms with Crippen molar-refractivity contribution in [3.05, 3.63) is 65.7 Å². The maximum atomic E-state index is 6.26. The van der Waals surface area contributed by atoms with E-state index in [9.17, 15) is 0 Å². The van der Waals surface area contributed by atoms with Gasteiger partial charge in [-0.3, -0.25) is 4.99 Å². The van der Waals surface area contributed by atoms with Crippen LogP contribution < -0.4 is 4.74 Å². The largest absolute Gasteiger partial charge is 0.489 e. The van der Waals surface area contributed by atoms with E-state index in [-0.39, 0.29) is 11.5 Å². The van der Waals surface area contributed by atoms with E-state index in [4.69, 9.17) is 14.5 Å². The molecule has 3 aliphatic rings. The van der Waals surface area contributed by atoms with Gasteiger partial charge in [0.05, 0.1) is 6.04 Å². The highest BCUT2D eigenvalue weighted by molar-refractivity contribution is 5.95. The van der Waals surface area contributed by atoms with E-state index < -0.39 is 0 Å². The van der Waals surface area contributed by atoms with E-state index >= 15 is 0 Å². The molecule has 0 aromatic heterocycles. The molecule has 23 heavy (non-hydrogen) atoms. The predicted molar refractivity (Wildman–Crippen MR) is 89.1 cm³/mol. The summed E-state index contributed by atoms with van der Waals surface area (Å²) in [5.41, 5.74) is 2.13. The molecule has 2 heterocycles. The van der Waals surface area contributed by atoms with Crippen LogP contribution in [0.5, 0.6) is 5.75 Å². The van der Waals surface area contributed by atoms with Crippen molar-refractivity contribution in [1.82, 2.24) is 0 Å². The van der Waals surface area contributed by atoms with Crippen LogP contribution in [0.25, 0.3) is 0 Å². The number of ether oxygens (including phenoxy) is 2. The average Bonchev–Trinajstić information content (AvgIpc) is 3.35. The lowest BCUT2D eigenvalue weighted by Crippen LogP contribution is -2.33. The lowest BCUT2D eigenvalue weighted by molar-refractivity contribution is 0.140. The normalized spacial score (nSPS) is 30.3. The Hall–Kier alpha value is -2.29. The highest BCUT2D eigenvalue weighted by atomic mass is 16.5. The molecule has 3 heteroatoms. The Kier molecular flexibility index (Phi) is 2.78.